The first-order valence-corrected chi connectivity index (χ1v) is 7.17. The van der Waals surface area contributed by atoms with Gasteiger partial charge in [-0.25, -0.2) is 4.79 Å². The van der Waals surface area contributed by atoms with E-state index in [0.29, 0.717) is 28.6 Å². The van der Waals surface area contributed by atoms with Crippen LogP contribution < -0.4 is 10.1 Å². The Morgan fingerprint density at radius 2 is 2.00 bits per heavy atom. The van der Waals surface area contributed by atoms with Gasteiger partial charge >= 0.3 is 5.97 Å². The van der Waals surface area contributed by atoms with Gasteiger partial charge in [0.2, 0.25) is 0 Å². The van der Waals surface area contributed by atoms with Crippen LogP contribution in [0, 0.1) is 0 Å². The number of methoxy groups -OCH3 is 1. The van der Waals surface area contributed by atoms with E-state index in [0.717, 1.165) is 12.8 Å². The van der Waals surface area contributed by atoms with Crippen molar-refractivity contribution in [2.75, 3.05) is 7.11 Å². The van der Waals surface area contributed by atoms with E-state index in [1.165, 1.54) is 7.11 Å². The van der Waals surface area contributed by atoms with Gasteiger partial charge in [0.15, 0.2) is 0 Å². The zero-order valence-electron chi connectivity index (χ0n) is 11.1. The number of hydrogen-bond donors (Lipinski definition) is 2. The van der Waals surface area contributed by atoms with Gasteiger partial charge < -0.3 is 15.2 Å². The first-order valence-electron chi connectivity index (χ1n) is 6.38. The third-order valence-electron chi connectivity index (χ3n) is 3.64. The lowest BCUT2D eigenvalue weighted by atomic mass is 9.97. The first kappa shape index (κ1) is 14.8. The zero-order chi connectivity index (χ0) is 14.8. The highest BCUT2D eigenvalue weighted by Gasteiger charge is 2.42. The smallest absolute Gasteiger partial charge is 0.329 e. The Balaban J connectivity index is 2.25. The van der Waals surface area contributed by atoms with Gasteiger partial charge in [0.25, 0.3) is 5.91 Å². The Morgan fingerprint density at radius 1 is 1.35 bits per heavy atom. The van der Waals surface area contributed by atoms with Crippen LogP contribution in [0.25, 0.3) is 0 Å². The molecule has 0 radical (unpaired) electrons. The number of nitrogens with one attached hydrogen (secondary N) is 1. The maximum Gasteiger partial charge on any atom is 0.329 e. The Hall–Kier alpha value is -1.56. The summed E-state index contributed by atoms with van der Waals surface area (Å²) >= 11 is 3.30. The van der Waals surface area contributed by atoms with Crippen molar-refractivity contribution in [1.82, 2.24) is 5.32 Å². The number of halogens is 1. The Bertz CT molecular complexity index is 538. The lowest BCUT2D eigenvalue weighted by molar-refractivity contribution is -0.144. The van der Waals surface area contributed by atoms with Crippen molar-refractivity contribution in [1.29, 1.82) is 0 Å². The van der Waals surface area contributed by atoms with E-state index in [4.69, 9.17) is 4.74 Å². The fraction of sp³-hybridized carbons (Fsp3) is 0.429. The fourth-order valence-electron chi connectivity index (χ4n) is 2.46. The molecule has 0 saturated heterocycles. The SMILES string of the molecule is COc1ccc(Br)c(C(=O)NC2(C(=O)O)CCCC2)c1. The predicted octanol–water partition coefficient (Wildman–Crippen LogP) is 2.58. The highest BCUT2D eigenvalue weighted by Crippen LogP contribution is 2.31. The first-order chi connectivity index (χ1) is 9.48. The molecule has 0 bridgehead atoms. The van der Waals surface area contributed by atoms with E-state index in [9.17, 15) is 14.7 Å². The van der Waals surface area contributed by atoms with E-state index in [1.54, 1.807) is 18.2 Å². The average Bonchev–Trinajstić information content (AvgIpc) is 2.89. The standard InChI is InChI=1S/C14H16BrNO4/c1-20-9-4-5-11(15)10(8-9)12(17)16-14(13(18)19)6-2-3-7-14/h4-5,8H,2-3,6-7H2,1H3,(H,16,17)(H,18,19). The molecule has 0 aliphatic heterocycles. The summed E-state index contributed by atoms with van der Waals surface area (Å²) in [5, 5.41) is 12.1. The Morgan fingerprint density at radius 3 is 2.55 bits per heavy atom. The van der Waals surface area contributed by atoms with Gasteiger partial charge in [0, 0.05) is 4.47 Å². The number of ether oxygens (including phenoxy) is 1. The van der Waals surface area contributed by atoms with E-state index in [2.05, 4.69) is 21.2 Å². The van der Waals surface area contributed by atoms with Crippen LogP contribution >= 0.6 is 15.9 Å². The van der Waals surface area contributed by atoms with Crippen LogP contribution in [0.5, 0.6) is 5.75 Å². The van der Waals surface area contributed by atoms with Crippen LogP contribution in [0.4, 0.5) is 0 Å². The molecular formula is C14H16BrNO4. The van der Waals surface area contributed by atoms with Crippen LogP contribution in [0.3, 0.4) is 0 Å². The number of benzene rings is 1. The highest BCUT2D eigenvalue weighted by atomic mass is 79.9. The van der Waals surface area contributed by atoms with E-state index in [1.807, 2.05) is 0 Å². The third kappa shape index (κ3) is 2.80. The summed E-state index contributed by atoms with van der Waals surface area (Å²) < 4.78 is 5.69. The summed E-state index contributed by atoms with van der Waals surface area (Å²) in [7, 11) is 1.51. The molecule has 0 unspecified atom stereocenters. The molecule has 0 atom stereocenters. The largest absolute Gasteiger partial charge is 0.497 e. The summed E-state index contributed by atoms with van der Waals surface area (Å²) in [6.07, 6.45) is 2.56. The molecule has 0 heterocycles. The zero-order valence-corrected chi connectivity index (χ0v) is 12.7. The molecule has 1 saturated carbocycles. The van der Waals surface area contributed by atoms with Crippen molar-refractivity contribution >= 4 is 27.8 Å². The number of carboxylic acids is 1. The van der Waals surface area contributed by atoms with Crippen molar-refractivity contribution in [3.05, 3.63) is 28.2 Å². The highest BCUT2D eigenvalue weighted by molar-refractivity contribution is 9.10. The number of aliphatic carboxylic acids is 1. The van der Waals surface area contributed by atoms with E-state index < -0.39 is 17.4 Å². The average molecular weight is 342 g/mol. The number of carbonyl (C=O) groups is 2. The minimum atomic E-state index is -1.14. The molecule has 1 aromatic rings. The van der Waals surface area contributed by atoms with Crippen LogP contribution in [-0.4, -0.2) is 29.6 Å². The van der Waals surface area contributed by atoms with E-state index >= 15 is 0 Å². The molecule has 6 heteroatoms. The molecule has 1 aliphatic rings. The summed E-state index contributed by atoms with van der Waals surface area (Å²) in [4.78, 5) is 23.8. The maximum atomic E-state index is 12.3. The maximum absolute atomic E-state index is 12.3. The Labute approximate surface area is 125 Å². The number of hydrogen-bond acceptors (Lipinski definition) is 3. The molecule has 1 fully saturated rings. The lowest BCUT2D eigenvalue weighted by Crippen LogP contribution is -2.52. The molecule has 5 nitrogen and oxygen atoms in total. The number of amides is 1. The van der Waals surface area contributed by atoms with Gasteiger partial charge in [-0.3, -0.25) is 4.79 Å². The molecule has 0 aromatic heterocycles. The lowest BCUT2D eigenvalue weighted by Gasteiger charge is -2.25. The van der Waals surface area contributed by atoms with Crippen LogP contribution in [0.2, 0.25) is 0 Å². The third-order valence-corrected chi connectivity index (χ3v) is 4.33. The molecule has 20 heavy (non-hydrogen) atoms. The molecule has 108 valence electrons. The summed E-state index contributed by atoms with van der Waals surface area (Å²) in [6, 6.07) is 5.02. The van der Waals surface area contributed by atoms with Crippen LogP contribution in [-0.2, 0) is 4.79 Å². The van der Waals surface area contributed by atoms with Gasteiger partial charge in [-0.2, -0.15) is 0 Å². The Kier molecular flexibility index (Phi) is 4.32. The van der Waals surface area contributed by atoms with Gasteiger partial charge in [0.05, 0.1) is 12.7 Å². The van der Waals surface area contributed by atoms with Gasteiger partial charge in [0.1, 0.15) is 11.3 Å². The quantitative estimate of drug-likeness (QED) is 0.882. The van der Waals surface area contributed by atoms with Crippen molar-refractivity contribution in [2.24, 2.45) is 0 Å². The number of carbonyl (C=O) groups excluding carboxylic acids is 1. The molecule has 2 N–H and O–H groups in total. The molecule has 2 rings (SSSR count). The molecule has 1 aliphatic carbocycles. The van der Waals surface area contributed by atoms with Gasteiger partial charge in [-0.15, -0.1) is 0 Å². The van der Waals surface area contributed by atoms with Crippen LogP contribution in [0.1, 0.15) is 36.0 Å². The van der Waals surface area contributed by atoms with E-state index in [-0.39, 0.29) is 0 Å². The van der Waals surface area contributed by atoms with Gasteiger partial charge in [-0.1, -0.05) is 12.8 Å². The summed E-state index contributed by atoms with van der Waals surface area (Å²) in [6.45, 7) is 0. The minimum Gasteiger partial charge on any atom is -0.497 e. The molecule has 1 aromatic carbocycles. The second kappa shape index (κ2) is 5.83. The van der Waals surface area contributed by atoms with Crippen molar-refractivity contribution in [3.63, 3.8) is 0 Å². The number of carboxylic acid groups (broad SMARTS) is 1. The van der Waals surface area contributed by atoms with Crippen molar-refractivity contribution in [3.8, 4) is 5.75 Å². The molecule has 0 spiro atoms. The number of rotatable bonds is 4. The predicted molar refractivity (Wildman–Crippen MR) is 77.0 cm³/mol. The van der Waals surface area contributed by atoms with Gasteiger partial charge in [-0.05, 0) is 47.0 Å². The van der Waals surface area contributed by atoms with Crippen molar-refractivity contribution in [2.45, 2.75) is 31.2 Å². The monoisotopic (exact) mass is 341 g/mol. The minimum absolute atomic E-state index is 0.372. The summed E-state index contributed by atoms with van der Waals surface area (Å²) in [5.41, 5.74) is -0.767. The molecular weight excluding hydrogens is 326 g/mol. The fourth-order valence-corrected chi connectivity index (χ4v) is 2.89. The van der Waals surface area contributed by atoms with Crippen LogP contribution in [0.15, 0.2) is 22.7 Å². The summed E-state index contributed by atoms with van der Waals surface area (Å²) in [5.74, 6) is -0.823. The normalized spacial score (nSPS) is 16.7. The van der Waals surface area contributed by atoms with Crippen molar-refractivity contribution < 1.29 is 19.4 Å². The second-order valence-corrected chi connectivity index (χ2v) is 5.75. The topological polar surface area (TPSA) is 75.6 Å². The molecule has 1 amide bonds. The second-order valence-electron chi connectivity index (χ2n) is 4.89.